The number of likely N-dealkylation sites (N-methyl/N-ethyl adjacent to an activating group) is 1. The molecule has 1 aromatic carbocycles. The predicted octanol–water partition coefficient (Wildman–Crippen LogP) is 3.23. The number of likely N-dealkylation sites (tertiary alicyclic amines) is 1. The van der Waals surface area contributed by atoms with Gasteiger partial charge in [0, 0.05) is 36.9 Å². The van der Waals surface area contributed by atoms with Crippen LogP contribution >= 0.6 is 0 Å². The van der Waals surface area contributed by atoms with E-state index in [4.69, 9.17) is 5.73 Å². The number of anilines is 2. The summed E-state index contributed by atoms with van der Waals surface area (Å²) in [6.07, 6.45) is 4.92. The highest BCUT2D eigenvalue weighted by atomic mass is 19.2. The first kappa shape index (κ1) is 25.7. The highest BCUT2D eigenvalue weighted by molar-refractivity contribution is 6.12. The summed E-state index contributed by atoms with van der Waals surface area (Å²) in [6, 6.07) is 7.30. The molecule has 1 saturated heterocycles. The van der Waals surface area contributed by atoms with E-state index < -0.39 is 47.5 Å². The van der Waals surface area contributed by atoms with Gasteiger partial charge in [-0.05, 0) is 48.7 Å². The molecule has 2 aromatic heterocycles. The van der Waals surface area contributed by atoms with Crippen molar-refractivity contribution in [2.45, 2.75) is 31.8 Å². The SMILES string of the molecule is CCC(NC(=O)N1C(=O)[C@H](Cc2ccnc(N)c2)[C@H]1C(=O)N(C)c1ccncc1)c1cccc(F)c1F. The Labute approximate surface area is 212 Å². The van der Waals surface area contributed by atoms with Crippen molar-refractivity contribution in [3.05, 3.63) is 83.8 Å². The zero-order valence-electron chi connectivity index (χ0n) is 20.3. The number of nitrogen functional groups attached to an aromatic ring is 1. The molecule has 0 saturated carbocycles. The van der Waals surface area contributed by atoms with E-state index in [-0.39, 0.29) is 24.2 Å². The zero-order valence-corrected chi connectivity index (χ0v) is 20.3. The molecule has 9 nitrogen and oxygen atoms in total. The highest BCUT2D eigenvalue weighted by Gasteiger charge is 2.55. The molecule has 1 unspecified atom stereocenters. The number of hydrogen-bond acceptors (Lipinski definition) is 6. The summed E-state index contributed by atoms with van der Waals surface area (Å²) >= 11 is 0. The van der Waals surface area contributed by atoms with E-state index >= 15 is 0 Å². The largest absolute Gasteiger partial charge is 0.384 e. The van der Waals surface area contributed by atoms with Gasteiger partial charge < -0.3 is 16.0 Å². The summed E-state index contributed by atoms with van der Waals surface area (Å²) in [4.78, 5) is 50.1. The number of urea groups is 1. The number of carbonyl (C=O) groups excluding carboxylic acids is 3. The van der Waals surface area contributed by atoms with E-state index in [0.29, 0.717) is 11.3 Å². The molecule has 1 aliphatic heterocycles. The van der Waals surface area contributed by atoms with Crippen molar-refractivity contribution in [1.29, 1.82) is 0 Å². The van der Waals surface area contributed by atoms with Gasteiger partial charge in [0.1, 0.15) is 11.9 Å². The Hall–Kier alpha value is -4.41. The van der Waals surface area contributed by atoms with Crippen LogP contribution in [0.5, 0.6) is 0 Å². The highest BCUT2D eigenvalue weighted by Crippen LogP contribution is 2.33. The number of rotatable bonds is 7. The number of pyridine rings is 2. The molecule has 3 N–H and O–H groups in total. The Kier molecular flexibility index (Phi) is 7.42. The van der Waals surface area contributed by atoms with Crippen LogP contribution in [0.2, 0.25) is 0 Å². The summed E-state index contributed by atoms with van der Waals surface area (Å²) in [5, 5.41) is 2.59. The zero-order chi connectivity index (χ0) is 26.7. The molecule has 0 spiro atoms. The number of halogens is 2. The lowest BCUT2D eigenvalue weighted by molar-refractivity contribution is -0.156. The lowest BCUT2D eigenvalue weighted by atomic mass is 9.81. The lowest BCUT2D eigenvalue weighted by Crippen LogP contribution is -2.70. The van der Waals surface area contributed by atoms with Crippen LogP contribution in [0.1, 0.15) is 30.5 Å². The Morgan fingerprint density at radius 1 is 1.16 bits per heavy atom. The van der Waals surface area contributed by atoms with E-state index in [2.05, 4.69) is 15.3 Å². The first-order valence-corrected chi connectivity index (χ1v) is 11.7. The number of nitrogens with one attached hydrogen (secondary N) is 1. The Balaban J connectivity index is 1.61. The number of imide groups is 1. The maximum Gasteiger partial charge on any atom is 0.325 e. The average Bonchev–Trinajstić information content (AvgIpc) is 2.90. The van der Waals surface area contributed by atoms with Gasteiger partial charge in [0.05, 0.1) is 12.0 Å². The number of nitrogens with zero attached hydrogens (tertiary/aromatic N) is 4. The van der Waals surface area contributed by atoms with Crippen LogP contribution in [0.3, 0.4) is 0 Å². The van der Waals surface area contributed by atoms with Gasteiger partial charge >= 0.3 is 6.03 Å². The molecule has 3 heterocycles. The topological polar surface area (TPSA) is 122 Å². The number of carbonyl (C=O) groups is 3. The van der Waals surface area contributed by atoms with E-state index in [1.807, 2.05) is 0 Å². The van der Waals surface area contributed by atoms with Gasteiger partial charge in [-0.1, -0.05) is 19.1 Å². The van der Waals surface area contributed by atoms with Crippen LogP contribution in [0.15, 0.2) is 61.1 Å². The number of benzene rings is 1. The smallest absolute Gasteiger partial charge is 0.325 e. The maximum absolute atomic E-state index is 14.4. The number of β-lactam (4-membered cyclic amide) rings is 1. The maximum atomic E-state index is 14.4. The van der Waals surface area contributed by atoms with Crippen molar-refractivity contribution in [3.63, 3.8) is 0 Å². The fraction of sp³-hybridized carbons (Fsp3) is 0.269. The molecule has 1 aliphatic rings. The van der Waals surface area contributed by atoms with Gasteiger partial charge in [0.25, 0.3) is 5.91 Å². The first-order valence-electron chi connectivity index (χ1n) is 11.7. The fourth-order valence-electron chi connectivity index (χ4n) is 4.43. The average molecular weight is 509 g/mol. The number of amides is 4. The third-order valence-electron chi connectivity index (χ3n) is 6.43. The summed E-state index contributed by atoms with van der Waals surface area (Å²) < 4.78 is 28.2. The van der Waals surface area contributed by atoms with Gasteiger partial charge in [-0.15, -0.1) is 0 Å². The summed E-state index contributed by atoms with van der Waals surface area (Å²) in [7, 11) is 1.54. The Bertz CT molecular complexity index is 1320. The molecule has 11 heteroatoms. The Morgan fingerprint density at radius 3 is 2.57 bits per heavy atom. The third kappa shape index (κ3) is 5.11. The number of nitrogens with two attached hydrogens (primary N) is 1. The van der Waals surface area contributed by atoms with E-state index in [0.717, 1.165) is 11.0 Å². The molecule has 37 heavy (non-hydrogen) atoms. The molecule has 192 valence electrons. The Morgan fingerprint density at radius 2 is 1.89 bits per heavy atom. The van der Waals surface area contributed by atoms with Gasteiger partial charge in [0.2, 0.25) is 5.91 Å². The minimum absolute atomic E-state index is 0.0515. The van der Waals surface area contributed by atoms with Crippen LogP contribution < -0.4 is 16.0 Å². The van der Waals surface area contributed by atoms with E-state index in [1.54, 1.807) is 31.2 Å². The molecule has 3 aromatic rings. The molecule has 3 atom stereocenters. The molecule has 4 rings (SSSR count). The van der Waals surface area contributed by atoms with Gasteiger partial charge in [-0.2, -0.15) is 0 Å². The van der Waals surface area contributed by atoms with Crippen molar-refractivity contribution in [2.75, 3.05) is 17.7 Å². The minimum atomic E-state index is -1.13. The molecule has 0 radical (unpaired) electrons. The van der Waals surface area contributed by atoms with Crippen molar-refractivity contribution in [2.24, 2.45) is 5.92 Å². The second-order valence-electron chi connectivity index (χ2n) is 8.71. The van der Waals surface area contributed by atoms with Crippen LogP contribution in [0, 0.1) is 17.6 Å². The first-order chi connectivity index (χ1) is 17.7. The second-order valence-corrected chi connectivity index (χ2v) is 8.71. The normalized spacial score (nSPS) is 17.6. The van der Waals surface area contributed by atoms with Gasteiger partial charge in [-0.3, -0.25) is 19.5 Å². The van der Waals surface area contributed by atoms with Crippen molar-refractivity contribution in [1.82, 2.24) is 20.2 Å². The molecule has 4 amide bonds. The van der Waals surface area contributed by atoms with Gasteiger partial charge in [0.15, 0.2) is 11.6 Å². The van der Waals surface area contributed by atoms with E-state index in [1.165, 1.54) is 42.7 Å². The fourth-order valence-corrected chi connectivity index (χ4v) is 4.43. The number of hydrogen-bond donors (Lipinski definition) is 2. The van der Waals surface area contributed by atoms with Crippen LogP contribution in [-0.4, -0.2) is 45.8 Å². The predicted molar refractivity (Wildman–Crippen MR) is 132 cm³/mol. The van der Waals surface area contributed by atoms with Crippen molar-refractivity contribution in [3.8, 4) is 0 Å². The van der Waals surface area contributed by atoms with Crippen LogP contribution in [-0.2, 0) is 16.0 Å². The van der Waals surface area contributed by atoms with Crippen LogP contribution in [0.25, 0.3) is 0 Å². The molecule has 0 aliphatic carbocycles. The third-order valence-corrected chi connectivity index (χ3v) is 6.43. The second kappa shape index (κ2) is 10.7. The lowest BCUT2D eigenvalue weighted by Gasteiger charge is -2.46. The van der Waals surface area contributed by atoms with Crippen LogP contribution in [0.4, 0.5) is 25.1 Å². The molecular formula is C26H26F2N6O3. The summed E-state index contributed by atoms with van der Waals surface area (Å²) in [5.74, 6) is -3.76. The molecule has 1 fully saturated rings. The molecular weight excluding hydrogens is 482 g/mol. The van der Waals surface area contributed by atoms with Gasteiger partial charge in [-0.25, -0.2) is 18.6 Å². The summed E-state index contributed by atoms with van der Waals surface area (Å²) in [6.45, 7) is 1.68. The summed E-state index contributed by atoms with van der Waals surface area (Å²) in [5.41, 5.74) is 6.92. The van der Waals surface area contributed by atoms with E-state index in [9.17, 15) is 23.2 Å². The van der Waals surface area contributed by atoms with Crippen molar-refractivity contribution >= 4 is 29.4 Å². The minimum Gasteiger partial charge on any atom is -0.384 e. The monoisotopic (exact) mass is 508 g/mol. The van der Waals surface area contributed by atoms with Crippen molar-refractivity contribution < 1.29 is 23.2 Å². The molecule has 0 bridgehead atoms. The standard InChI is InChI=1S/C26H26F2N6O3/c1-3-20(17-5-4-6-19(27)22(17)28)32-26(37)34-23(25(36)33(2)16-8-10-30-11-9-16)18(24(34)35)13-15-7-12-31-21(29)14-15/h4-12,14,18,20,23H,3,13H2,1-2H3,(H2,29,31)(H,32,37)/t18-,20?,23+/m1/s1. The quantitative estimate of drug-likeness (QED) is 0.473. The number of aromatic nitrogens is 2.